The fourth-order valence-electron chi connectivity index (χ4n) is 1.71. The maximum atomic E-state index is 5.91. The first-order valence-electron chi connectivity index (χ1n) is 5.64. The van der Waals surface area contributed by atoms with Crippen molar-refractivity contribution in [3.8, 4) is 5.75 Å². The first-order valence-corrected chi connectivity index (χ1v) is 5.64. The van der Waals surface area contributed by atoms with Crippen molar-refractivity contribution in [2.75, 3.05) is 12.3 Å². The van der Waals surface area contributed by atoms with Crippen LogP contribution in [0.2, 0.25) is 0 Å². The van der Waals surface area contributed by atoms with Gasteiger partial charge in [-0.3, -0.25) is 0 Å². The standard InChI is InChI=1S/C13H21NO/c1-4-5-6-7-15-13-11(3)8-10(2)9-12(13)14/h8-9H,4-7,14H2,1-3H3. The van der Waals surface area contributed by atoms with Crippen LogP contribution >= 0.6 is 0 Å². The van der Waals surface area contributed by atoms with Gasteiger partial charge in [0.25, 0.3) is 0 Å². The molecule has 0 radical (unpaired) electrons. The molecule has 0 aromatic heterocycles. The molecule has 0 aliphatic carbocycles. The Bertz CT molecular complexity index is 297. The number of hydrogen-bond donors (Lipinski definition) is 1. The Morgan fingerprint density at radius 3 is 2.53 bits per heavy atom. The Kier molecular flexibility index (Phi) is 4.47. The molecule has 2 N–H and O–H groups in total. The molecule has 1 aromatic carbocycles. The minimum Gasteiger partial charge on any atom is -0.491 e. The van der Waals surface area contributed by atoms with Crippen LogP contribution in [-0.4, -0.2) is 6.61 Å². The van der Waals surface area contributed by atoms with Gasteiger partial charge in [0.1, 0.15) is 5.75 Å². The van der Waals surface area contributed by atoms with Gasteiger partial charge in [-0.15, -0.1) is 0 Å². The van der Waals surface area contributed by atoms with Crippen LogP contribution in [0.3, 0.4) is 0 Å². The van der Waals surface area contributed by atoms with Crippen molar-refractivity contribution in [2.24, 2.45) is 0 Å². The number of unbranched alkanes of at least 4 members (excludes halogenated alkanes) is 2. The summed E-state index contributed by atoms with van der Waals surface area (Å²) in [5.41, 5.74) is 8.98. The lowest BCUT2D eigenvalue weighted by Gasteiger charge is -2.12. The van der Waals surface area contributed by atoms with Crippen molar-refractivity contribution in [3.05, 3.63) is 23.3 Å². The highest BCUT2D eigenvalue weighted by Crippen LogP contribution is 2.27. The lowest BCUT2D eigenvalue weighted by molar-refractivity contribution is 0.306. The number of rotatable bonds is 5. The van der Waals surface area contributed by atoms with Crippen molar-refractivity contribution < 1.29 is 4.74 Å². The highest BCUT2D eigenvalue weighted by molar-refractivity contribution is 5.58. The lowest BCUT2D eigenvalue weighted by Crippen LogP contribution is -2.02. The van der Waals surface area contributed by atoms with Crippen molar-refractivity contribution in [1.29, 1.82) is 0 Å². The molecule has 84 valence electrons. The number of benzene rings is 1. The third-order valence-corrected chi connectivity index (χ3v) is 2.44. The van der Waals surface area contributed by atoms with Gasteiger partial charge in [0.05, 0.1) is 12.3 Å². The molecule has 0 aliphatic heterocycles. The van der Waals surface area contributed by atoms with E-state index in [4.69, 9.17) is 10.5 Å². The summed E-state index contributed by atoms with van der Waals surface area (Å²) in [5.74, 6) is 0.858. The van der Waals surface area contributed by atoms with Crippen LogP contribution in [0.4, 0.5) is 5.69 Å². The topological polar surface area (TPSA) is 35.2 Å². The van der Waals surface area contributed by atoms with Gasteiger partial charge in [-0.05, 0) is 37.5 Å². The number of hydrogen-bond acceptors (Lipinski definition) is 2. The largest absolute Gasteiger partial charge is 0.491 e. The summed E-state index contributed by atoms with van der Waals surface area (Å²) in [4.78, 5) is 0. The first kappa shape index (κ1) is 11.9. The van der Waals surface area contributed by atoms with Gasteiger partial charge < -0.3 is 10.5 Å². The number of anilines is 1. The third-order valence-electron chi connectivity index (χ3n) is 2.44. The Morgan fingerprint density at radius 1 is 1.20 bits per heavy atom. The van der Waals surface area contributed by atoms with Crippen LogP contribution in [-0.2, 0) is 0 Å². The van der Waals surface area contributed by atoms with Crippen LogP contribution in [0.1, 0.15) is 37.3 Å². The van der Waals surface area contributed by atoms with Gasteiger partial charge in [-0.2, -0.15) is 0 Å². The first-order chi connectivity index (χ1) is 7.15. The third kappa shape index (κ3) is 3.46. The zero-order chi connectivity index (χ0) is 11.3. The van der Waals surface area contributed by atoms with E-state index in [1.165, 1.54) is 18.4 Å². The predicted octanol–water partition coefficient (Wildman–Crippen LogP) is 3.45. The van der Waals surface area contributed by atoms with Crippen LogP contribution in [0, 0.1) is 13.8 Å². The van der Waals surface area contributed by atoms with E-state index in [1.54, 1.807) is 0 Å². The highest BCUT2D eigenvalue weighted by Gasteiger charge is 2.04. The maximum absolute atomic E-state index is 5.91. The summed E-state index contributed by atoms with van der Waals surface area (Å²) < 4.78 is 5.70. The summed E-state index contributed by atoms with van der Waals surface area (Å²) in [5, 5.41) is 0. The number of nitrogens with two attached hydrogens (primary N) is 1. The number of ether oxygens (including phenoxy) is 1. The van der Waals surface area contributed by atoms with E-state index in [1.807, 2.05) is 19.9 Å². The second-order valence-corrected chi connectivity index (χ2v) is 4.06. The molecule has 0 bridgehead atoms. The van der Waals surface area contributed by atoms with E-state index in [9.17, 15) is 0 Å². The molecule has 0 saturated carbocycles. The second kappa shape index (κ2) is 5.64. The molecular weight excluding hydrogens is 186 g/mol. The molecule has 0 amide bonds. The van der Waals surface area contributed by atoms with Crippen molar-refractivity contribution >= 4 is 5.69 Å². The highest BCUT2D eigenvalue weighted by atomic mass is 16.5. The molecule has 15 heavy (non-hydrogen) atoms. The fraction of sp³-hybridized carbons (Fsp3) is 0.538. The molecule has 2 heteroatoms. The van der Waals surface area contributed by atoms with Crippen LogP contribution in [0.25, 0.3) is 0 Å². The Hall–Kier alpha value is -1.18. The fourth-order valence-corrected chi connectivity index (χ4v) is 1.71. The molecule has 0 aliphatic rings. The minimum absolute atomic E-state index is 0.754. The van der Waals surface area contributed by atoms with Gasteiger partial charge in [0, 0.05) is 0 Å². The normalized spacial score (nSPS) is 10.3. The summed E-state index contributed by atoms with van der Waals surface area (Å²) in [6.07, 6.45) is 3.53. The van der Waals surface area contributed by atoms with E-state index in [-0.39, 0.29) is 0 Å². The summed E-state index contributed by atoms with van der Waals surface area (Å²) >= 11 is 0. The Morgan fingerprint density at radius 2 is 1.93 bits per heavy atom. The van der Waals surface area contributed by atoms with E-state index in [0.29, 0.717) is 0 Å². The van der Waals surface area contributed by atoms with Crippen molar-refractivity contribution in [3.63, 3.8) is 0 Å². The van der Waals surface area contributed by atoms with Crippen LogP contribution < -0.4 is 10.5 Å². The average molecular weight is 207 g/mol. The molecule has 0 saturated heterocycles. The van der Waals surface area contributed by atoms with Crippen LogP contribution in [0.15, 0.2) is 12.1 Å². The van der Waals surface area contributed by atoms with E-state index >= 15 is 0 Å². The van der Waals surface area contributed by atoms with Crippen molar-refractivity contribution in [2.45, 2.75) is 40.0 Å². The molecule has 1 rings (SSSR count). The summed E-state index contributed by atoms with van der Waals surface area (Å²) in [7, 11) is 0. The molecular formula is C13H21NO. The smallest absolute Gasteiger partial charge is 0.145 e. The zero-order valence-electron chi connectivity index (χ0n) is 9.97. The molecule has 2 nitrogen and oxygen atoms in total. The van der Waals surface area contributed by atoms with Gasteiger partial charge in [0.15, 0.2) is 0 Å². The quantitative estimate of drug-likeness (QED) is 0.593. The Labute approximate surface area is 92.4 Å². The molecule has 0 unspecified atom stereocenters. The predicted molar refractivity (Wildman–Crippen MR) is 65.3 cm³/mol. The lowest BCUT2D eigenvalue weighted by atomic mass is 10.1. The van der Waals surface area contributed by atoms with Gasteiger partial charge in [0.2, 0.25) is 0 Å². The zero-order valence-corrected chi connectivity index (χ0v) is 9.97. The molecule has 0 spiro atoms. The second-order valence-electron chi connectivity index (χ2n) is 4.06. The monoisotopic (exact) mass is 207 g/mol. The molecule has 0 atom stereocenters. The van der Waals surface area contributed by atoms with E-state index < -0.39 is 0 Å². The van der Waals surface area contributed by atoms with Crippen molar-refractivity contribution in [1.82, 2.24) is 0 Å². The maximum Gasteiger partial charge on any atom is 0.145 e. The van der Waals surface area contributed by atoms with Crippen LogP contribution in [0.5, 0.6) is 5.75 Å². The van der Waals surface area contributed by atoms with E-state index in [0.717, 1.165) is 30.0 Å². The molecule has 0 fully saturated rings. The minimum atomic E-state index is 0.754. The summed E-state index contributed by atoms with van der Waals surface area (Å²) in [6, 6.07) is 4.06. The van der Waals surface area contributed by atoms with Gasteiger partial charge in [-0.25, -0.2) is 0 Å². The molecule has 0 heterocycles. The molecule has 1 aromatic rings. The SMILES string of the molecule is CCCCCOc1c(C)cc(C)cc1N. The Balaban J connectivity index is 2.60. The van der Waals surface area contributed by atoms with Gasteiger partial charge >= 0.3 is 0 Å². The summed E-state index contributed by atoms with van der Waals surface area (Å²) in [6.45, 7) is 7.04. The van der Waals surface area contributed by atoms with E-state index in [2.05, 4.69) is 13.0 Å². The average Bonchev–Trinajstić information content (AvgIpc) is 2.15. The number of nitrogen functional groups attached to an aromatic ring is 1. The number of aryl methyl sites for hydroxylation is 2. The van der Waals surface area contributed by atoms with Gasteiger partial charge in [-0.1, -0.05) is 25.8 Å².